The molecule has 0 aliphatic heterocycles. The lowest BCUT2D eigenvalue weighted by Gasteiger charge is -2.13. The van der Waals surface area contributed by atoms with E-state index in [4.69, 9.17) is 0 Å². The number of hydrogen-bond acceptors (Lipinski definition) is 2. The summed E-state index contributed by atoms with van der Waals surface area (Å²) >= 11 is 1.57. The Morgan fingerprint density at radius 1 is 1.33 bits per heavy atom. The molecule has 0 aliphatic rings. The van der Waals surface area contributed by atoms with Crippen LogP contribution >= 0.6 is 11.3 Å². The van der Waals surface area contributed by atoms with E-state index >= 15 is 0 Å². The highest BCUT2D eigenvalue weighted by atomic mass is 32.1. The molecular weight excluding hydrogens is 249 g/mol. The first-order chi connectivity index (χ1) is 8.65. The number of halogens is 1. The van der Waals surface area contributed by atoms with Crippen LogP contribution in [-0.2, 0) is 11.2 Å². The molecule has 1 aromatic carbocycles. The average Bonchev–Trinajstić information content (AvgIpc) is 2.82. The second-order valence-corrected chi connectivity index (χ2v) is 5.13. The smallest absolute Gasteiger partial charge is 0.225 e. The van der Waals surface area contributed by atoms with Crippen molar-refractivity contribution in [2.75, 3.05) is 0 Å². The molecule has 2 rings (SSSR count). The van der Waals surface area contributed by atoms with Crippen molar-refractivity contribution in [3.63, 3.8) is 0 Å². The van der Waals surface area contributed by atoms with Crippen LogP contribution in [0, 0.1) is 5.82 Å². The molecule has 1 heterocycles. The molecule has 1 aromatic heterocycles. The van der Waals surface area contributed by atoms with E-state index in [0.717, 1.165) is 10.4 Å². The third-order valence-electron chi connectivity index (χ3n) is 2.66. The molecular formula is C14H14FNOS. The summed E-state index contributed by atoms with van der Waals surface area (Å²) in [7, 11) is 0. The monoisotopic (exact) mass is 263 g/mol. The summed E-state index contributed by atoms with van der Waals surface area (Å²) in [5, 5.41) is 4.85. The Morgan fingerprint density at radius 3 is 2.67 bits per heavy atom. The minimum Gasteiger partial charge on any atom is -0.349 e. The summed E-state index contributed by atoms with van der Waals surface area (Å²) in [6, 6.07) is 9.92. The van der Waals surface area contributed by atoms with Crippen molar-refractivity contribution in [3.8, 4) is 0 Å². The number of carbonyl (C=O) groups excluding carboxylic acids is 1. The van der Waals surface area contributed by atoms with Crippen LogP contribution in [0.15, 0.2) is 41.8 Å². The molecule has 18 heavy (non-hydrogen) atoms. The normalized spacial score (nSPS) is 12.1. The molecule has 0 saturated carbocycles. The fraction of sp³-hybridized carbons (Fsp3) is 0.214. The molecule has 0 radical (unpaired) electrons. The van der Waals surface area contributed by atoms with Crippen LogP contribution in [0.4, 0.5) is 4.39 Å². The van der Waals surface area contributed by atoms with Crippen molar-refractivity contribution in [3.05, 3.63) is 58.0 Å². The van der Waals surface area contributed by atoms with Gasteiger partial charge >= 0.3 is 0 Å². The van der Waals surface area contributed by atoms with Gasteiger partial charge in [0, 0.05) is 4.88 Å². The number of thiophene rings is 1. The highest BCUT2D eigenvalue weighted by Gasteiger charge is 2.10. The first kappa shape index (κ1) is 12.8. The number of benzene rings is 1. The summed E-state index contributed by atoms with van der Waals surface area (Å²) in [5.41, 5.74) is 0.899. The van der Waals surface area contributed by atoms with Crippen LogP contribution < -0.4 is 5.32 Å². The predicted molar refractivity (Wildman–Crippen MR) is 71.0 cm³/mol. The minimum atomic E-state index is -0.268. The standard InChI is InChI=1S/C14H14FNOS/c1-10(11-4-6-12(15)7-5-11)16-14(17)9-13-3-2-8-18-13/h2-8,10H,9H2,1H3,(H,16,17)/t10-/m1/s1. The zero-order valence-corrected chi connectivity index (χ0v) is 10.8. The molecule has 0 aliphatic carbocycles. The van der Waals surface area contributed by atoms with Gasteiger partial charge in [-0.1, -0.05) is 18.2 Å². The summed E-state index contributed by atoms with van der Waals surface area (Å²) in [4.78, 5) is 12.8. The second kappa shape index (κ2) is 5.78. The summed E-state index contributed by atoms with van der Waals surface area (Å²) in [5.74, 6) is -0.287. The highest BCUT2D eigenvalue weighted by molar-refractivity contribution is 7.10. The van der Waals surface area contributed by atoms with Gasteiger partial charge in [-0.15, -0.1) is 11.3 Å². The van der Waals surface area contributed by atoms with Gasteiger partial charge in [0.15, 0.2) is 0 Å². The fourth-order valence-electron chi connectivity index (χ4n) is 1.70. The van der Waals surface area contributed by atoms with Gasteiger partial charge in [-0.05, 0) is 36.1 Å². The van der Waals surface area contributed by atoms with Gasteiger partial charge < -0.3 is 5.32 Å². The van der Waals surface area contributed by atoms with Crippen LogP contribution in [0.2, 0.25) is 0 Å². The number of rotatable bonds is 4. The Kier molecular flexibility index (Phi) is 4.10. The Balaban J connectivity index is 1.92. The van der Waals surface area contributed by atoms with E-state index in [-0.39, 0.29) is 17.8 Å². The van der Waals surface area contributed by atoms with Gasteiger partial charge in [0.2, 0.25) is 5.91 Å². The molecule has 1 N–H and O–H groups in total. The quantitative estimate of drug-likeness (QED) is 0.901. The van der Waals surface area contributed by atoms with Crippen molar-refractivity contribution in [1.82, 2.24) is 5.32 Å². The number of amides is 1. The molecule has 0 unspecified atom stereocenters. The van der Waals surface area contributed by atoms with Crippen molar-refractivity contribution in [2.45, 2.75) is 19.4 Å². The average molecular weight is 263 g/mol. The van der Waals surface area contributed by atoms with Crippen LogP contribution in [0.5, 0.6) is 0 Å². The number of carbonyl (C=O) groups is 1. The van der Waals surface area contributed by atoms with E-state index in [1.807, 2.05) is 24.4 Å². The molecule has 2 aromatic rings. The zero-order valence-electron chi connectivity index (χ0n) is 10.0. The molecule has 1 amide bonds. The van der Waals surface area contributed by atoms with Gasteiger partial charge in [0.05, 0.1) is 12.5 Å². The molecule has 0 fully saturated rings. The van der Waals surface area contributed by atoms with Crippen LogP contribution in [0.1, 0.15) is 23.4 Å². The number of nitrogens with one attached hydrogen (secondary N) is 1. The van der Waals surface area contributed by atoms with Crippen molar-refractivity contribution in [1.29, 1.82) is 0 Å². The van der Waals surface area contributed by atoms with Gasteiger partial charge in [0.1, 0.15) is 5.82 Å². The highest BCUT2D eigenvalue weighted by Crippen LogP contribution is 2.14. The van der Waals surface area contributed by atoms with Gasteiger partial charge in [0.25, 0.3) is 0 Å². The maximum Gasteiger partial charge on any atom is 0.225 e. The maximum atomic E-state index is 12.8. The summed E-state index contributed by atoms with van der Waals surface area (Å²) < 4.78 is 12.8. The topological polar surface area (TPSA) is 29.1 Å². The Labute approximate surface area is 109 Å². The number of hydrogen-bond donors (Lipinski definition) is 1. The summed E-state index contributed by atoms with van der Waals surface area (Å²) in [6.07, 6.45) is 0.392. The zero-order chi connectivity index (χ0) is 13.0. The van der Waals surface area contributed by atoms with Crippen molar-refractivity contribution in [2.24, 2.45) is 0 Å². The Bertz CT molecular complexity index is 507. The predicted octanol–water partition coefficient (Wildman–Crippen LogP) is 3.31. The van der Waals surface area contributed by atoms with Crippen molar-refractivity contribution >= 4 is 17.2 Å². The second-order valence-electron chi connectivity index (χ2n) is 4.10. The molecule has 1 atom stereocenters. The van der Waals surface area contributed by atoms with E-state index < -0.39 is 0 Å². The largest absolute Gasteiger partial charge is 0.349 e. The first-order valence-electron chi connectivity index (χ1n) is 5.72. The lowest BCUT2D eigenvalue weighted by molar-refractivity contribution is -0.121. The van der Waals surface area contributed by atoms with Crippen LogP contribution in [-0.4, -0.2) is 5.91 Å². The van der Waals surface area contributed by atoms with Gasteiger partial charge in [-0.25, -0.2) is 4.39 Å². The third-order valence-corrected chi connectivity index (χ3v) is 3.54. The van der Waals surface area contributed by atoms with Gasteiger partial charge in [-0.2, -0.15) is 0 Å². The van der Waals surface area contributed by atoms with E-state index in [2.05, 4.69) is 5.32 Å². The maximum absolute atomic E-state index is 12.8. The van der Waals surface area contributed by atoms with E-state index in [9.17, 15) is 9.18 Å². The minimum absolute atomic E-state index is 0.0192. The van der Waals surface area contributed by atoms with E-state index in [0.29, 0.717) is 6.42 Å². The molecule has 0 spiro atoms. The first-order valence-corrected chi connectivity index (χ1v) is 6.60. The van der Waals surface area contributed by atoms with E-state index in [1.165, 1.54) is 12.1 Å². The molecule has 2 nitrogen and oxygen atoms in total. The summed E-state index contributed by atoms with van der Waals surface area (Å²) in [6.45, 7) is 1.89. The Morgan fingerprint density at radius 2 is 2.06 bits per heavy atom. The molecule has 4 heteroatoms. The lowest BCUT2D eigenvalue weighted by atomic mass is 10.1. The lowest BCUT2D eigenvalue weighted by Crippen LogP contribution is -2.27. The van der Waals surface area contributed by atoms with Gasteiger partial charge in [-0.3, -0.25) is 4.79 Å². The Hall–Kier alpha value is -1.68. The fourth-order valence-corrected chi connectivity index (χ4v) is 2.40. The third kappa shape index (κ3) is 3.40. The van der Waals surface area contributed by atoms with Crippen LogP contribution in [0.3, 0.4) is 0 Å². The van der Waals surface area contributed by atoms with E-state index in [1.54, 1.807) is 23.5 Å². The SMILES string of the molecule is C[C@@H](NC(=O)Cc1cccs1)c1ccc(F)cc1. The molecule has 94 valence electrons. The molecule has 0 saturated heterocycles. The van der Waals surface area contributed by atoms with Crippen molar-refractivity contribution < 1.29 is 9.18 Å². The van der Waals surface area contributed by atoms with Crippen LogP contribution in [0.25, 0.3) is 0 Å². The molecule has 0 bridgehead atoms.